The quantitative estimate of drug-likeness (QED) is 0.454. The van der Waals surface area contributed by atoms with Crippen molar-refractivity contribution in [2.75, 3.05) is 0 Å². The summed E-state index contributed by atoms with van der Waals surface area (Å²) in [4.78, 5) is 0. The second-order valence-corrected chi connectivity index (χ2v) is 6.56. The van der Waals surface area contributed by atoms with E-state index >= 15 is 0 Å². The van der Waals surface area contributed by atoms with Crippen LogP contribution in [0.3, 0.4) is 0 Å². The van der Waals surface area contributed by atoms with Gasteiger partial charge in [0.2, 0.25) is 0 Å². The molecule has 0 nitrogen and oxygen atoms in total. The molecular weight excluding hydrogens is 195 g/mol. The van der Waals surface area contributed by atoms with Crippen LogP contribution in [0.2, 0.25) is 0 Å². The normalized spacial score (nSPS) is 34.0. The van der Waals surface area contributed by atoms with Gasteiger partial charge < -0.3 is 0 Å². The summed E-state index contributed by atoms with van der Waals surface area (Å²) in [6.45, 7) is 0. The summed E-state index contributed by atoms with van der Waals surface area (Å²) in [5, 5.41) is 0. The Labute approximate surface area is 119 Å². The van der Waals surface area contributed by atoms with E-state index in [0.29, 0.717) is 0 Å². The first-order chi connectivity index (χ1) is 6.88. The predicted octanol–water partition coefficient (Wildman–Crippen LogP) is 2.96. The molecule has 0 fully saturated rings. The van der Waals surface area contributed by atoms with Crippen LogP contribution >= 0.6 is 0 Å². The number of hydrogen-bond donors (Lipinski definition) is 0. The third-order valence-electron chi connectivity index (χ3n) is 3.96. The number of benzene rings is 1. The molecule has 0 saturated carbocycles. The molecule has 0 radical (unpaired) electrons. The van der Waals surface area contributed by atoms with Gasteiger partial charge >= 0.3 is 121 Å². The molecule has 0 N–H and O–H groups in total. The van der Waals surface area contributed by atoms with Gasteiger partial charge in [-0.25, -0.2) is 0 Å². The van der Waals surface area contributed by atoms with Crippen LogP contribution in [-0.2, 0) is 0 Å². The molecule has 2 aliphatic rings. The van der Waals surface area contributed by atoms with Gasteiger partial charge in [0.1, 0.15) is 0 Å². The molecule has 0 amide bonds. The van der Waals surface area contributed by atoms with Crippen molar-refractivity contribution in [3.63, 3.8) is 0 Å². The zero-order chi connectivity index (χ0) is 9.54. The molecule has 0 aliphatic heterocycles. The Kier molecular flexibility index (Phi) is 2.71. The Bertz CT molecular complexity index is 381. The van der Waals surface area contributed by atoms with Crippen molar-refractivity contribution in [2.24, 2.45) is 5.92 Å². The van der Waals surface area contributed by atoms with Crippen LogP contribution in [0.15, 0.2) is 36.4 Å². The van der Waals surface area contributed by atoms with Crippen molar-refractivity contribution in [3.05, 3.63) is 47.5 Å². The minimum atomic E-state index is 0.764. The summed E-state index contributed by atoms with van der Waals surface area (Å²) in [5.41, 5.74) is 3.31. The summed E-state index contributed by atoms with van der Waals surface area (Å²) in [7, 11) is 0. The molecule has 0 aromatic heterocycles. The Morgan fingerprint density at radius 1 is 1.14 bits per heavy atom. The average molecular weight is 208 g/mol. The van der Waals surface area contributed by atoms with Gasteiger partial charge in [-0.15, -0.1) is 0 Å². The van der Waals surface area contributed by atoms with E-state index in [1.54, 1.807) is 11.1 Å². The van der Waals surface area contributed by atoms with Crippen LogP contribution in [-0.4, -0.2) is 49.0 Å². The van der Waals surface area contributed by atoms with Crippen molar-refractivity contribution >= 4 is 49.0 Å². The van der Waals surface area contributed by atoms with Crippen molar-refractivity contribution in [1.82, 2.24) is 0 Å². The number of fused-ring (bicyclic) bond motifs is 3. The minimum absolute atomic E-state index is 0.764. The number of allylic oxidation sites excluding steroid dienone is 2. The molecule has 2 aliphatic carbocycles. The molecule has 0 spiro atoms. The van der Waals surface area contributed by atoms with Gasteiger partial charge in [-0.05, 0) is 0 Å². The van der Waals surface area contributed by atoms with Crippen LogP contribution in [0.5, 0.6) is 0 Å². The van der Waals surface area contributed by atoms with Crippen LogP contribution in [0.4, 0.5) is 0 Å². The van der Waals surface area contributed by atoms with Crippen LogP contribution in [0, 0.1) is 5.92 Å². The first-order valence-electron chi connectivity index (χ1n) is 5.63. The molecule has 3 rings (SSSR count). The van der Waals surface area contributed by atoms with E-state index in [2.05, 4.69) is 36.4 Å². The Morgan fingerprint density at radius 2 is 1.93 bits per heavy atom. The maximum absolute atomic E-state index is 2.46. The van der Waals surface area contributed by atoms with E-state index in [1.165, 1.54) is 12.8 Å². The second-order valence-electron chi connectivity index (χ2n) is 4.61. The second kappa shape index (κ2) is 3.87. The molecular formula is C13H13K. The third kappa shape index (κ3) is 1.42. The summed E-state index contributed by atoms with van der Waals surface area (Å²) in [5.74, 6) is 1.72. The monoisotopic (exact) mass is 208 g/mol. The molecule has 0 saturated heterocycles. The van der Waals surface area contributed by atoms with E-state index in [4.69, 9.17) is 0 Å². The number of rotatable bonds is 0. The fourth-order valence-electron chi connectivity index (χ4n) is 3.21. The third-order valence-corrected chi connectivity index (χ3v) is 6.27. The van der Waals surface area contributed by atoms with E-state index < -0.39 is 0 Å². The van der Waals surface area contributed by atoms with Crippen molar-refractivity contribution in [1.29, 1.82) is 0 Å². The van der Waals surface area contributed by atoms with Crippen molar-refractivity contribution in [2.45, 2.75) is 18.8 Å². The molecule has 1 aromatic rings. The molecule has 66 valence electrons. The van der Waals surface area contributed by atoms with E-state index in [1.807, 2.05) is 0 Å². The maximum atomic E-state index is 2.46. The van der Waals surface area contributed by atoms with Gasteiger partial charge in [-0.3, -0.25) is 0 Å². The number of hydrogen-bond acceptors (Lipinski definition) is 0. The molecule has 1 aromatic carbocycles. The van der Waals surface area contributed by atoms with E-state index in [-0.39, 0.29) is 0 Å². The average Bonchev–Trinajstić information content (AvgIpc) is 2.55. The molecule has 0 bridgehead atoms. The Morgan fingerprint density at radius 3 is 2.79 bits per heavy atom. The first-order valence-corrected chi connectivity index (χ1v) is 7.44. The topological polar surface area (TPSA) is 0 Å². The molecule has 3 unspecified atom stereocenters. The van der Waals surface area contributed by atoms with Crippen molar-refractivity contribution in [3.8, 4) is 0 Å². The summed E-state index contributed by atoms with van der Waals surface area (Å²) >= 11 is 0.938. The van der Waals surface area contributed by atoms with Gasteiger partial charge in [0.05, 0.1) is 0 Å². The molecule has 3 atom stereocenters. The molecule has 14 heavy (non-hydrogen) atoms. The SMILES string of the molecule is [K][CH]1c2ccccc2C2C=CCCC12. The zero-order valence-electron chi connectivity index (χ0n) is 8.61. The Balaban J connectivity index is 2.13. The standard InChI is InChI=1S/C13H13.K/c1-3-7-12-10(5-1)9-11-6-2-4-8-13(11)12;/h1,3-5,7-9,11,13H,2,6H2;. The van der Waals surface area contributed by atoms with Gasteiger partial charge in [-0.2, -0.15) is 0 Å². The Hall–Kier alpha value is 0.596. The van der Waals surface area contributed by atoms with E-state index in [9.17, 15) is 0 Å². The fraction of sp³-hybridized carbons (Fsp3) is 0.385. The molecule has 1 heteroatoms. The summed E-state index contributed by atoms with van der Waals surface area (Å²) < 4.78 is 0.952. The summed E-state index contributed by atoms with van der Waals surface area (Å²) in [6, 6.07) is 9.10. The predicted molar refractivity (Wildman–Crippen MR) is 59.5 cm³/mol. The van der Waals surface area contributed by atoms with Crippen molar-refractivity contribution < 1.29 is 0 Å². The van der Waals surface area contributed by atoms with Gasteiger partial charge in [-0.1, -0.05) is 0 Å². The van der Waals surface area contributed by atoms with Gasteiger partial charge in [0, 0.05) is 0 Å². The van der Waals surface area contributed by atoms with Crippen LogP contribution < -0.4 is 0 Å². The molecule has 0 heterocycles. The first kappa shape index (κ1) is 9.80. The van der Waals surface area contributed by atoms with E-state index in [0.717, 1.165) is 60.8 Å². The zero-order valence-corrected chi connectivity index (χ0v) is 11.7. The van der Waals surface area contributed by atoms with Crippen LogP contribution in [0.25, 0.3) is 0 Å². The fourth-order valence-corrected chi connectivity index (χ4v) is 5.20. The summed E-state index contributed by atoms with van der Waals surface area (Å²) in [6.07, 6.45) is 7.56. The van der Waals surface area contributed by atoms with Gasteiger partial charge in [0.25, 0.3) is 0 Å². The van der Waals surface area contributed by atoms with Crippen LogP contribution in [0.1, 0.15) is 29.9 Å². The van der Waals surface area contributed by atoms with Gasteiger partial charge in [0.15, 0.2) is 0 Å².